The number of benzene rings is 1. The Labute approximate surface area is 111 Å². The Morgan fingerprint density at radius 1 is 1.42 bits per heavy atom. The van der Waals surface area contributed by atoms with E-state index in [1.54, 1.807) is 26.0 Å². The molecule has 0 fully saturated rings. The Morgan fingerprint density at radius 2 is 2.11 bits per heavy atom. The first-order chi connectivity index (χ1) is 8.93. The summed E-state index contributed by atoms with van der Waals surface area (Å²) in [5, 5.41) is 11.3. The monoisotopic (exact) mass is 267 g/mol. The molecule has 19 heavy (non-hydrogen) atoms. The highest BCUT2D eigenvalue weighted by atomic mass is 19.1. The van der Waals surface area contributed by atoms with E-state index in [1.807, 2.05) is 0 Å². The van der Waals surface area contributed by atoms with E-state index < -0.39 is 17.9 Å². The van der Waals surface area contributed by atoms with Crippen molar-refractivity contribution in [2.45, 2.75) is 32.7 Å². The van der Waals surface area contributed by atoms with Crippen LogP contribution in [-0.2, 0) is 16.0 Å². The van der Waals surface area contributed by atoms with Gasteiger partial charge in [0, 0.05) is 5.92 Å². The standard InChI is InChI=1S/C14H18FNO3/c1-3-12(14(18)19)16-13(17)9(2)7-10-5-4-6-11(15)8-10/h4-6,8-9,12H,3,7H2,1-2H3,(H,16,17)(H,18,19). The fraction of sp³-hybridized carbons (Fsp3) is 0.429. The Bertz CT molecular complexity index is 462. The zero-order chi connectivity index (χ0) is 14.4. The third-order valence-corrected chi connectivity index (χ3v) is 2.90. The second-order valence-electron chi connectivity index (χ2n) is 4.54. The number of hydrogen-bond acceptors (Lipinski definition) is 2. The van der Waals surface area contributed by atoms with Crippen LogP contribution in [0.25, 0.3) is 0 Å². The summed E-state index contributed by atoms with van der Waals surface area (Å²) < 4.78 is 13.0. The molecule has 1 aromatic carbocycles. The Balaban J connectivity index is 2.60. The van der Waals surface area contributed by atoms with Gasteiger partial charge < -0.3 is 10.4 Å². The molecule has 0 saturated heterocycles. The van der Waals surface area contributed by atoms with Gasteiger partial charge in [-0.2, -0.15) is 0 Å². The minimum atomic E-state index is -1.05. The number of halogens is 1. The van der Waals surface area contributed by atoms with Crippen LogP contribution in [0, 0.1) is 11.7 Å². The van der Waals surface area contributed by atoms with Gasteiger partial charge in [0.2, 0.25) is 5.91 Å². The molecule has 1 amide bonds. The summed E-state index contributed by atoms with van der Waals surface area (Å²) in [5.74, 6) is -2.13. The minimum absolute atomic E-state index is 0.327. The number of nitrogens with one attached hydrogen (secondary N) is 1. The van der Waals surface area contributed by atoms with Crippen molar-refractivity contribution < 1.29 is 19.1 Å². The largest absolute Gasteiger partial charge is 0.480 e. The van der Waals surface area contributed by atoms with Crippen molar-refractivity contribution in [2.75, 3.05) is 0 Å². The van der Waals surface area contributed by atoms with E-state index in [0.717, 1.165) is 0 Å². The lowest BCUT2D eigenvalue weighted by atomic mass is 10.00. The lowest BCUT2D eigenvalue weighted by Gasteiger charge is -2.16. The van der Waals surface area contributed by atoms with Gasteiger partial charge in [0.05, 0.1) is 0 Å². The van der Waals surface area contributed by atoms with E-state index in [2.05, 4.69) is 5.32 Å². The van der Waals surface area contributed by atoms with Crippen LogP contribution in [0.1, 0.15) is 25.8 Å². The molecule has 0 aliphatic rings. The maximum atomic E-state index is 13.0. The van der Waals surface area contributed by atoms with Crippen molar-refractivity contribution in [3.63, 3.8) is 0 Å². The van der Waals surface area contributed by atoms with Gasteiger partial charge in [-0.15, -0.1) is 0 Å². The molecule has 104 valence electrons. The van der Waals surface area contributed by atoms with Crippen LogP contribution in [0.5, 0.6) is 0 Å². The molecule has 4 nitrogen and oxygen atoms in total. The predicted molar refractivity (Wildman–Crippen MR) is 69.1 cm³/mol. The highest BCUT2D eigenvalue weighted by Crippen LogP contribution is 2.11. The van der Waals surface area contributed by atoms with E-state index in [4.69, 9.17) is 5.11 Å². The molecule has 0 spiro atoms. The normalized spacial score (nSPS) is 13.6. The molecule has 0 saturated carbocycles. The van der Waals surface area contributed by atoms with Gasteiger partial charge in [0.15, 0.2) is 0 Å². The smallest absolute Gasteiger partial charge is 0.326 e. The maximum Gasteiger partial charge on any atom is 0.326 e. The Hall–Kier alpha value is -1.91. The van der Waals surface area contributed by atoms with Gasteiger partial charge in [-0.05, 0) is 30.5 Å². The SMILES string of the molecule is CCC(NC(=O)C(C)Cc1cccc(F)c1)C(=O)O. The van der Waals surface area contributed by atoms with Gasteiger partial charge in [0.1, 0.15) is 11.9 Å². The molecule has 1 rings (SSSR count). The molecular formula is C14H18FNO3. The Morgan fingerprint density at radius 3 is 2.63 bits per heavy atom. The van der Waals surface area contributed by atoms with Gasteiger partial charge in [-0.1, -0.05) is 26.0 Å². The lowest BCUT2D eigenvalue weighted by Crippen LogP contribution is -2.43. The topological polar surface area (TPSA) is 66.4 Å². The number of hydrogen-bond donors (Lipinski definition) is 2. The van der Waals surface area contributed by atoms with Crippen molar-refractivity contribution in [2.24, 2.45) is 5.92 Å². The Kier molecular flexibility index (Phi) is 5.48. The highest BCUT2D eigenvalue weighted by Gasteiger charge is 2.21. The second-order valence-corrected chi connectivity index (χ2v) is 4.54. The summed E-state index contributed by atoms with van der Waals surface area (Å²) in [5.41, 5.74) is 0.714. The average molecular weight is 267 g/mol. The van der Waals surface area contributed by atoms with Crippen LogP contribution < -0.4 is 5.32 Å². The molecule has 0 aliphatic carbocycles. The van der Waals surface area contributed by atoms with E-state index in [0.29, 0.717) is 18.4 Å². The number of carboxylic acid groups (broad SMARTS) is 1. The molecule has 0 bridgehead atoms. The van der Waals surface area contributed by atoms with Crippen molar-refractivity contribution in [3.8, 4) is 0 Å². The molecule has 2 unspecified atom stereocenters. The summed E-state index contributed by atoms with van der Waals surface area (Å²) in [6.45, 7) is 3.38. The molecular weight excluding hydrogens is 249 g/mol. The zero-order valence-electron chi connectivity index (χ0n) is 11.0. The summed E-state index contributed by atoms with van der Waals surface area (Å²) in [6.07, 6.45) is 0.702. The summed E-state index contributed by atoms with van der Waals surface area (Å²) in [7, 11) is 0. The summed E-state index contributed by atoms with van der Waals surface area (Å²) in [4.78, 5) is 22.7. The van der Waals surface area contributed by atoms with E-state index >= 15 is 0 Å². The van der Waals surface area contributed by atoms with Crippen LogP contribution in [0.15, 0.2) is 24.3 Å². The van der Waals surface area contributed by atoms with Gasteiger partial charge >= 0.3 is 5.97 Å². The third-order valence-electron chi connectivity index (χ3n) is 2.90. The van der Waals surface area contributed by atoms with Gasteiger partial charge in [0.25, 0.3) is 0 Å². The average Bonchev–Trinajstić information content (AvgIpc) is 2.35. The van der Waals surface area contributed by atoms with E-state index in [9.17, 15) is 14.0 Å². The lowest BCUT2D eigenvalue weighted by molar-refractivity contribution is -0.142. The summed E-state index contributed by atoms with van der Waals surface area (Å²) >= 11 is 0. The van der Waals surface area contributed by atoms with Crippen molar-refractivity contribution in [3.05, 3.63) is 35.6 Å². The van der Waals surface area contributed by atoms with Crippen LogP contribution in [-0.4, -0.2) is 23.0 Å². The molecule has 0 radical (unpaired) electrons. The number of carbonyl (C=O) groups excluding carboxylic acids is 1. The predicted octanol–water partition coefficient (Wildman–Crippen LogP) is 1.98. The first kappa shape index (κ1) is 15.1. The number of carbonyl (C=O) groups is 2. The van der Waals surface area contributed by atoms with Crippen molar-refractivity contribution in [1.29, 1.82) is 0 Å². The minimum Gasteiger partial charge on any atom is -0.480 e. The van der Waals surface area contributed by atoms with Gasteiger partial charge in [-0.3, -0.25) is 4.79 Å². The first-order valence-electron chi connectivity index (χ1n) is 6.21. The molecule has 2 N–H and O–H groups in total. The van der Waals surface area contributed by atoms with Crippen LogP contribution in [0.2, 0.25) is 0 Å². The van der Waals surface area contributed by atoms with Crippen molar-refractivity contribution in [1.82, 2.24) is 5.32 Å². The maximum absolute atomic E-state index is 13.0. The van der Waals surface area contributed by atoms with Gasteiger partial charge in [-0.25, -0.2) is 9.18 Å². The number of rotatable bonds is 6. The van der Waals surface area contributed by atoms with Crippen molar-refractivity contribution >= 4 is 11.9 Å². The molecule has 2 atom stereocenters. The number of amides is 1. The van der Waals surface area contributed by atoms with Crippen LogP contribution in [0.4, 0.5) is 4.39 Å². The second kappa shape index (κ2) is 6.87. The molecule has 0 aliphatic heterocycles. The van der Waals surface area contributed by atoms with Crippen LogP contribution in [0.3, 0.4) is 0 Å². The summed E-state index contributed by atoms with van der Waals surface area (Å²) in [6, 6.07) is 5.16. The van der Waals surface area contributed by atoms with E-state index in [-0.39, 0.29) is 11.7 Å². The number of carboxylic acids is 1. The fourth-order valence-electron chi connectivity index (χ4n) is 1.76. The quantitative estimate of drug-likeness (QED) is 0.828. The van der Waals surface area contributed by atoms with E-state index in [1.165, 1.54) is 12.1 Å². The molecule has 0 heterocycles. The first-order valence-corrected chi connectivity index (χ1v) is 6.21. The molecule has 1 aromatic rings. The molecule has 0 aromatic heterocycles. The molecule has 5 heteroatoms. The third kappa shape index (κ3) is 4.69. The highest BCUT2D eigenvalue weighted by molar-refractivity contribution is 5.84. The van der Waals surface area contributed by atoms with Crippen LogP contribution >= 0.6 is 0 Å². The fourth-order valence-corrected chi connectivity index (χ4v) is 1.76. The zero-order valence-corrected chi connectivity index (χ0v) is 11.0. The number of aliphatic carboxylic acids is 1.